The van der Waals surface area contributed by atoms with Crippen molar-refractivity contribution in [2.45, 2.75) is 74.7 Å². The molecule has 0 aromatic heterocycles. The average molecular weight is 313 g/mol. The minimum absolute atomic E-state index is 0.130. The quantitative estimate of drug-likeness (QED) is 0.578. The first-order valence-corrected chi connectivity index (χ1v) is 8.53. The van der Waals surface area contributed by atoms with Gasteiger partial charge in [0.25, 0.3) is 0 Å². The molecule has 1 rings (SSSR count). The molecule has 0 atom stereocenters. The summed E-state index contributed by atoms with van der Waals surface area (Å²) in [6, 6.07) is 0. The number of anilines is 2. The summed E-state index contributed by atoms with van der Waals surface area (Å²) in [5.41, 5.74) is 16.5. The summed E-state index contributed by atoms with van der Waals surface area (Å²) in [6.07, 6.45) is 0. The lowest BCUT2D eigenvalue weighted by Gasteiger charge is -2.27. The van der Waals surface area contributed by atoms with E-state index < -0.39 is 0 Å². The summed E-state index contributed by atoms with van der Waals surface area (Å²) in [5, 5.41) is 0. The molecule has 0 saturated carbocycles. The number of benzene rings is 1. The van der Waals surface area contributed by atoms with E-state index in [9.17, 15) is 0 Å². The van der Waals surface area contributed by atoms with Gasteiger partial charge in [-0.1, -0.05) is 41.5 Å². The van der Waals surface area contributed by atoms with Crippen LogP contribution in [0.25, 0.3) is 0 Å². The van der Waals surface area contributed by atoms with Crippen molar-refractivity contribution < 1.29 is 0 Å². The molecule has 1 aromatic carbocycles. The fourth-order valence-corrected chi connectivity index (χ4v) is 4.19. The van der Waals surface area contributed by atoms with Crippen LogP contribution in [0.15, 0.2) is 9.79 Å². The Morgan fingerprint density at radius 1 is 0.650 bits per heavy atom. The molecule has 0 aliphatic rings. The Morgan fingerprint density at radius 2 is 0.950 bits per heavy atom. The fourth-order valence-electron chi connectivity index (χ4n) is 1.87. The van der Waals surface area contributed by atoms with Crippen LogP contribution in [0.1, 0.15) is 52.7 Å². The summed E-state index contributed by atoms with van der Waals surface area (Å²) >= 11 is 3.65. The van der Waals surface area contributed by atoms with Gasteiger partial charge in [-0.15, -0.1) is 23.5 Å². The normalized spacial score (nSPS) is 12.8. The monoisotopic (exact) mass is 312 g/mol. The van der Waals surface area contributed by atoms with Crippen LogP contribution in [0, 0.1) is 13.8 Å². The summed E-state index contributed by atoms with van der Waals surface area (Å²) in [5.74, 6) is 0. The first-order chi connectivity index (χ1) is 8.83. The van der Waals surface area contributed by atoms with E-state index in [1.165, 1.54) is 15.4 Å². The van der Waals surface area contributed by atoms with Crippen molar-refractivity contribution in [3.05, 3.63) is 11.1 Å². The lowest BCUT2D eigenvalue weighted by molar-refractivity contribution is 0.799. The molecule has 114 valence electrons. The van der Waals surface area contributed by atoms with Crippen LogP contribution >= 0.6 is 23.5 Å². The topological polar surface area (TPSA) is 52.0 Å². The van der Waals surface area contributed by atoms with E-state index in [1.807, 2.05) is 30.4 Å². The van der Waals surface area contributed by atoms with Crippen LogP contribution in [0.2, 0.25) is 0 Å². The zero-order valence-electron chi connectivity index (χ0n) is 14.0. The van der Waals surface area contributed by atoms with Crippen LogP contribution in [-0.4, -0.2) is 9.49 Å². The molecular weight excluding hydrogens is 284 g/mol. The number of hydrogen-bond donors (Lipinski definition) is 2. The number of nitrogens with two attached hydrogens (primary N) is 2. The van der Waals surface area contributed by atoms with Crippen molar-refractivity contribution in [3.8, 4) is 0 Å². The summed E-state index contributed by atoms with van der Waals surface area (Å²) in [4.78, 5) is 2.35. The Kier molecular flexibility index (Phi) is 5.03. The van der Waals surface area contributed by atoms with Crippen molar-refractivity contribution >= 4 is 34.9 Å². The summed E-state index contributed by atoms with van der Waals surface area (Å²) < 4.78 is 0.260. The predicted octanol–water partition coefficient (Wildman–Crippen LogP) is 5.25. The second kappa shape index (κ2) is 5.72. The first kappa shape index (κ1) is 17.6. The Bertz CT molecular complexity index is 466. The molecule has 4 heteroatoms. The van der Waals surface area contributed by atoms with Gasteiger partial charge in [-0.05, 0) is 25.0 Å². The molecule has 0 aliphatic heterocycles. The van der Waals surface area contributed by atoms with Gasteiger partial charge in [-0.3, -0.25) is 0 Å². The number of rotatable bonds is 2. The summed E-state index contributed by atoms with van der Waals surface area (Å²) in [6.45, 7) is 17.4. The van der Waals surface area contributed by atoms with Crippen LogP contribution in [0.5, 0.6) is 0 Å². The first-order valence-electron chi connectivity index (χ1n) is 6.89. The Balaban J connectivity index is 3.47. The second-order valence-corrected chi connectivity index (χ2v) is 10.8. The van der Waals surface area contributed by atoms with Crippen LogP contribution in [0.4, 0.5) is 11.4 Å². The van der Waals surface area contributed by atoms with Crippen LogP contribution < -0.4 is 11.5 Å². The highest BCUT2D eigenvalue weighted by Crippen LogP contribution is 2.48. The van der Waals surface area contributed by atoms with E-state index in [0.717, 1.165) is 16.9 Å². The molecule has 0 saturated heterocycles. The van der Waals surface area contributed by atoms with Gasteiger partial charge in [0, 0.05) is 19.3 Å². The molecule has 0 radical (unpaired) electrons. The maximum atomic E-state index is 6.31. The number of hydrogen-bond acceptors (Lipinski definition) is 4. The Morgan fingerprint density at radius 3 is 1.20 bits per heavy atom. The number of nitrogen functional groups attached to an aromatic ring is 2. The highest BCUT2D eigenvalue weighted by molar-refractivity contribution is 8.01. The third-order valence-electron chi connectivity index (χ3n) is 2.79. The van der Waals surface area contributed by atoms with E-state index >= 15 is 0 Å². The van der Waals surface area contributed by atoms with Crippen molar-refractivity contribution in [1.29, 1.82) is 0 Å². The van der Waals surface area contributed by atoms with Gasteiger partial charge in [0.1, 0.15) is 0 Å². The summed E-state index contributed by atoms with van der Waals surface area (Å²) in [7, 11) is 0. The smallest absolute Gasteiger partial charge is 0.0506 e. The fraction of sp³-hybridized carbons (Fsp3) is 0.625. The molecule has 0 spiro atoms. The Labute approximate surface area is 132 Å². The SMILES string of the molecule is Cc1c(N)c(SC(C)(C)C)c(C)c(SC(C)(C)C)c1N. The standard InChI is InChI=1S/C16H28N2S2/c1-9-11(17)13(19-15(3,4)5)10(2)14(12(9)18)20-16(6,7)8/h17-18H2,1-8H3. The minimum Gasteiger partial charge on any atom is -0.398 e. The van der Waals surface area contributed by atoms with Gasteiger partial charge in [-0.2, -0.15) is 0 Å². The van der Waals surface area contributed by atoms with Gasteiger partial charge in [0.05, 0.1) is 11.4 Å². The second-order valence-electron chi connectivity index (χ2n) is 7.16. The van der Waals surface area contributed by atoms with E-state index in [-0.39, 0.29) is 9.49 Å². The van der Waals surface area contributed by atoms with E-state index in [1.54, 1.807) is 0 Å². The molecule has 0 heterocycles. The van der Waals surface area contributed by atoms with Gasteiger partial charge in [-0.25, -0.2) is 0 Å². The molecule has 20 heavy (non-hydrogen) atoms. The third-order valence-corrected chi connectivity index (χ3v) is 5.48. The number of thioether (sulfide) groups is 2. The van der Waals surface area contributed by atoms with Crippen molar-refractivity contribution in [3.63, 3.8) is 0 Å². The maximum Gasteiger partial charge on any atom is 0.0506 e. The van der Waals surface area contributed by atoms with E-state index in [0.29, 0.717) is 0 Å². The highest BCUT2D eigenvalue weighted by Gasteiger charge is 2.24. The van der Waals surface area contributed by atoms with Gasteiger partial charge >= 0.3 is 0 Å². The highest BCUT2D eigenvalue weighted by atomic mass is 32.2. The molecule has 0 amide bonds. The molecule has 0 bridgehead atoms. The molecule has 0 fully saturated rings. The lowest BCUT2D eigenvalue weighted by atomic mass is 10.1. The van der Waals surface area contributed by atoms with Crippen LogP contribution in [0.3, 0.4) is 0 Å². The van der Waals surface area contributed by atoms with Crippen molar-refractivity contribution in [2.24, 2.45) is 0 Å². The predicted molar refractivity (Wildman–Crippen MR) is 96.0 cm³/mol. The zero-order chi connectivity index (χ0) is 15.9. The van der Waals surface area contributed by atoms with Gasteiger partial charge < -0.3 is 11.5 Å². The van der Waals surface area contributed by atoms with Crippen LogP contribution in [-0.2, 0) is 0 Å². The third kappa shape index (κ3) is 4.26. The van der Waals surface area contributed by atoms with E-state index in [2.05, 4.69) is 48.5 Å². The average Bonchev–Trinajstić information content (AvgIpc) is 2.25. The molecule has 1 aromatic rings. The Hall–Kier alpha value is -0.480. The lowest BCUT2D eigenvalue weighted by Crippen LogP contribution is -2.13. The molecule has 4 N–H and O–H groups in total. The van der Waals surface area contributed by atoms with Crippen molar-refractivity contribution in [1.82, 2.24) is 0 Å². The molecule has 2 nitrogen and oxygen atoms in total. The van der Waals surface area contributed by atoms with Crippen molar-refractivity contribution in [2.75, 3.05) is 11.5 Å². The largest absolute Gasteiger partial charge is 0.398 e. The maximum absolute atomic E-state index is 6.31. The zero-order valence-corrected chi connectivity index (χ0v) is 15.6. The van der Waals surface area contributed by atoms with Gasteiger partial charge in [0.15, 0.2) is 0 Å². The van der Waals surface area contributed by atoms with E-state index in [4.69, 9.17) is 11.5 Å². The molecular formula is C16H28N2S2. The molecule has 0 unspecified atom stereocenters. The van der Waals surface area contributed by atoms with Gasteiger partial charge in [0.2, 0.25) is 0 Å². The minimum atomic E-state index is 0.130. The molecule has 0 aliphatic carbocycles.